The molecular weight excluding hydrogens is 298 g/mol. The van der Waals surface area contributed by atoms with Gasteiger partial charge in [0, 0.05) is 18.0 Å². The van der Waals surface area contributed by atoms with Gasteiger partial charge in [0.2, 0.25) is 5.91 Å². The Kier molecular flexibility index (Phi) is 2.91. The molecule has 0 radical (unpaired) electrons. The van der Waals surface area contributed by atoms with Crippen LogP contribution in [0.5, 0.6) is 0 Å². The maximum absolute atomic E-state index is 12.1. The molecule has 0 saturated carbocycles. The molecule has 1 atom stereocenters. The first kappa shape index (κ1) is 11.5. The van der Waals surface area contributed by atoms with E-state index in [9.17, 15) is 4.79 Å². The number of nitrogens with zero attached hydrogens (tertiary/aromatic N) is 2. The Balaban J connectivity index is 1.70. The summed E-state index contributed by atoms with van der Waals surface area (Å²) in [7, 11) is 0. The Hall–Kier alpha value is -1.63. The number of aromatic nitrogens is 4. The summed E-state index contributed by atoms with van der Waals surface area (Å²) in [6.45, 7) is 0. The van der Waals surface area contributed by atoms with Gasteiger partial charge in [-0.15, -0.1) is 0 Å². The Labute approximate surface area is 112 Å². The molecule has 3 rings (SSSR count). The van der Waals surface area contributed by atoms with E-state index in [1.54, 1.807) is 6.20 Å². The number of aromatic amines is 2. The van der Waals surface area contributed by atoms with Crippen molar-refractivity contribution >= 4 is 27.7 Å². The van der Waals surface area contributed by atoms with E-state index in [4.69, 9.17) is 0 Å². The number of nitrogens with one attached hydrogen (secondary N) is 3. The van der Waals surface area contributed by atoms with Crippen molar-refractivity contribution in [2.24, 2.45) is 5.92 Å². The Morgan fingerprint density at radius 2 is 2.22 bits per heavy atom. The van der Waals surface area contributed by atoms with Crippen LogP contribution >= 0.6 is 15.9 Å². The van der Waals surface area contributed by atoms with Crippen LogP contribution in [-0.2, 0) is 17.6 Å². The lowest BCUT2D eigenvalue weighted by molar-refractivity contribution is -0.120. The van der Waals surface area contributed by atoms with Gasteiger partial charge in [-0.25, -0.2) is 0 Å². The molecule has 1 unspecified atom stereocenters. The third kappa shape index (κ3) is 2.05. The van der Waals surface area contributed by atoms with Gasteiger partial charge in [-0.3, -0.25) is 15.0 Å². The number of halogens is 1. The van der Waals surface area contributed by atoms with Crippen LogP contribution in [0.2, 0.25) is 0 Å². The fourth-order valence-corrected chi connectivity index (χ4v) is 2.51. The lowest BCUT2D eigenvalue weighted by Gasteiger charge is -2.20. The van der Waals surface area contributed by atoms with Crippen LogP contribution in [0.1, 0.15) is 17.7 Å². The van der Waals surface area contributed by atoms with Crippen LogP contribution in [-0.4, -0.2) is 26.3 Å². The quantitative estimate of drug-likeness (QED) is 0.788. The van der Waals surface area contributed by atoms with Crippen molar-refractivity contribution < 1.29 is 4.79 Å². The number of rotatable bonds is 2. The first-order chi connectivity index (χ1) is 8.74. The molecule has 94 valence electrons. The molecular formula is C11H12BrN5O. The summed E-state index contributed by atoms with van der Waals surface area (Å²) in [6, 6.07) is 0. The minimum absolute atomic E-state index is 0.0141. The zero-order valence-corrected chi connectivity index (χ0v) is 11.1. The first-order valence-corrected chi connectivity index (χ1v) is 6.54. The van der Waals surface area contributed by atoms with E-state index in [1.807, 2.05) is 6.20 Å². The van der Waals surface area contributed by atoms with Gasteiger partial charge in [0.1, 0.15) is 5.82 Å². The van der Waals surface area contributed by atoms with Crippen molar-refractivity contribution in [2.45, 2.75) is 19.3 Å². The van der Waals surface area contributed by atoms with Crippen LogP contribution in [0.3, 0.4) is 0 Å². The van der Waals surface area contributed by atoms with E-state index < -0.39 is 0 Å². The number of hydrogen-bond acceptors (Lipinski definition) is 3. The zero-order valence-electron chi connectivity index (χ0n) is 9.53. The second-order valence-electron chi connectivity index (χ2n) is 4.40. The summed E-state index contributed by atoms with van der Waals surface area (Å²) in [6.07, 6.45) is 5.92. The van der Waals surface area contributed by atoms with Gasteiger partial charge < -0.3 is 5.32 Å². The number of carbonyl (C=O) groups is 1. The van der Waals surface area contributed by atoms with Crippen LogP contribution in [0.25, 0.3) is 0 Å². The number of H-pyrrole nitrogens is 2. The van der Waals surface area contributed by atoms with Crippen LogP contribution < -0.4 is 5.32 Å². The molecule has 3 N–H and O–H groups in total. The Bertz CT molecular complexity index is 576. The van der Waals surface area contributed by atoms with Crippen molar-refractivity contribution in [3.63, 3.8) is 0 Å². The summed E-state index contributed by atoms with van der Waals surface area (Å²) in [5.74, 6) is 0.601. The molecule has 0 fully saturated rings. The predicted octanol–water partition coefficient (Wildman–Crippen LogP) is 1.64. The number of fused-ring (bicyclic) bond motifs is 1. The second-order valence-corrected chi connectivity index (χ2v) is 5.25. The van der Waals surface area contributed by atoms with E-state index in [0.717, 1.165) is 23.0 Å². The van der Waals surface area contributed by atoms with Crippen molar-refractivity contribution in [3.8, 4) is 0 Å². The third-order valence-electron chi connectivity index (χ3n) is 3.23. The highest BCUT2D eigenvalue weighted by Gasteiger charge is 2.26. The highest BCUT2D eigenvalue weighted by molar-refractivity contribution is 9.10. The van der Waals surface area contributed by atoms with E-state index in [1.165, 1.54) is 5.56 Å². The Morgan fingerprint density at radius 3 is 3.00 bits per heavy atom. The highest BCUT2D eigenvalue weighted by Crippen LogP contribution is 2.25. The minimum atomic E-state index is -0.0202. The van der Waals surface area contributed by atoms with Crippen molar-refractivity contribution in [2.75, 3.05) is 5.32 Å². The number of aryl methyl sites for hydroxylation is 1. The number of anilines is 1. The largest absolute Gasteiger partial charge is 0.310 e. The molecule has 1 aliphatic rings. The van der Waals surface area contributed by atoms with E-state index in [-0.39, 0.29) is 11.8 Å². The minimum Gasteiger partial charge on any atom is -0.310 e. The highest BCUT2D eigenvalue weighted by atomic mass is 79.9. The fraction of sp³-hybridized carbons (Fsp3) is 0.364. The average Bonchev–Trinajstić information content (AvgIpc) is 2.98. The second kappa shape index (κ2) is 4.56. The lowest BCUT2D eigenvalue weighted by Crippen LogP contribution is -2.28. The molecule has 1 aliphatic carbocycles. The normalized spacial score (nSPS) is 18.4. The summed E-state index contributed by atoms with van der Waals surface area (Å²) in [5.41, 5.74) is 2.30. The van der Waals surface area contributed by atoms with Gasteiger partial charge in [-0.2, -0.15) is 10.2 Å². The van der Waals surface area contributed by atoms with Crippen LogP contribution in [0.4, 0.5) is 5.82 Å². The SMILES string of the molecule is O=C(Nc1[nH]ncc1Br)C1CCc2cn[nH]c2C1. The third-order valence-corrected chi connectivity index (χ3v) is 3.83. The molecule has 1 amide bonds. The maximum atomic E-state index is 12.1. The maximum Gasteiger partial charge on any atom is 0.229 e. The van der Waals surface area contributed by atoms with Crippen molar-refractivity contribution in [1.82, 2.24) is 20.4 Å². The Morgan fingerprint density at radius 1 is 1.39 bits per heavy atom. The van der Waals surface area contributed by atoms with Crippen LogP contribution in [0, 0.1) is 5.92 Å². The molecule has 18 heavy (non-hydrogen) atoms. The molecule has 2 aromatic heterocycles. The smallest absolute Gasteiger partial charge is 0.229 e. The average molecular weight is 310 g/mol. The molecule has 6 nitrogen and oxygen atoms in total. The molecule has 2 aromatic rings. The van der Waals surface area contributed by atoms with E-state index in [0.29, 0.717) is 12.2 Å². The molecule has 7 heteroatoms. The van der Waals surface area contributed by atoms with Crippen molar-refractivity contribution in [1.29, 1.82) is 0 Å². The topological polar surface area (TPSA) is 86.5 Å². The monoisotopic (exact) mass is 309 g/mol. The predicted molar refractivity (Wildman–Crippen MR) is 69.0 cm³/mol. The van der Waals surface area contributed by atoms with Crippen LogP contribution in [0.15, 0.2) is 16.9 Å². The van der Waals surface area contributed by atoms with Gasteiger partial charge in [0.15, 0.2) is 0 Å². The first-order valence-electron chi connectivity index (χ1n) is 5.75. The van der Waals surface area contributed by atoms with Gasteiger partial charge in [-0.1, -0.05) is 0 Å². The van der Waals surface area contributed by atoms with Gasteiger partial charge in [0.25, 0.3) is 0 Å². The fourth-order valence-electron chi connectivity index (χ4n) is 2.22. The molecule has 0 bridgehead atoms. The molecule has 2 heterocycles. The molecule has 0 spiro atoms. The molecule has 0 aliphatic heterocycles. The summed E-state index contributed by atoms with van der Waals surface area (Å²) in [5, 5.41) is 16.4. The number of hydrogen-bond donors (Lipinski definition) is 3. The lowest BCUT2D eigenvalue weighted by atomic mass is 9.87. The van der Waals surface area contributed by atoms with E-state index >= 15 is 0 Å². The van der Waals surface area contributed by atoms with Crippen molar-refractivity contribution in [3.05, 3.63) is 28.1 Å². The van der Waals surface area contributed by atoms with E-state index in [2.05, 4.69) is 41.6 Å². The summed E-state index contributed by atoms with van der Waals surface area (Å²) < 4.78 is 0.758. The van der Waals surface area contributed by atoms with Gasteiger partial charge >= 0.3 is 0 Å². The number of amides is 1. The molecule has 0 aromatic carbocycles. The number of carbonyl (C=O) groups excluding carboxylic acids is 1. The molecule has 0 saturated heterocycles. The van der Waals surface area contributed by atoms with Gasteiger partial charge in [-0.05, 0) is 34.3 Å². The zero-order chi connectivity index (χ0) is 12.5. The van der Waals surface area contributed by atoms with Gasteiger partial charge in [0.05, 0.1) is 16.9 Å². The summed E-state index contributed by atoms with van der Waals surface area (Å²) in [4.78, 5) is 12.1. The summed E-state index contributed by atoms with van der Waals surface area (Å²) >= 11 is 3.31. The standard InChI is InChI=1S/C11H12BrN5O/c12-8-5-14-17-10(8)15-11(18)6-1-2-7-4-13-16-9(7)3-6/h4-6H,1-3H2,(H,13,16)(H2,14,15,17,18).